The molecule has 1 heterocycles. The Morgan fingerprint density at radius 3 is 3.00 bits per heavy atom. The Bertz CT molecular complexity index is 517. The van der Waals surface area contributed by atoms with Crippen LogP contribution in [0.4, 0.5) is 5.69 Å². The third-order valence-corrected chi connectivity index (χ3v) is 2.35. The second-order valence-electron chi connectivity index (χ2n) is 3.74. The largest absolute Gasteiger partial charge is 0.387 e. The predicted octanol–water partition coefficient (Wildman–Crippen LogP) is 3.02. The highest BCUT2D eigenvalue weighted by atomic mass is 14.9. The molecule has 0 spiro atoms. The highest BCUT2D eigenvalue weighted by Crippen LogP contribution is 2.18. The minimum Gasteiger partial charge on any atom is -0.387 e. The van der Waals surface area contributed by atoms with Crippen LogP contribution in [0.5, 0.6) is 0 Å². The fourth-order valence-corrected chi connectivity index (χ4v) is 1.60. The van der Waals surface area contributed by atoms with E-state index in [0.717, 1.165) is 29.4 Å². The zero-order valence-electron chi connectivity index (χ0n) is 9.35. The molecule has 1 aromatic carbocycles. The Balaban J connectivity index is 2.36. The second kappa shape index (κ2) is 4.75. The molecule has 16 heavy (non-hydrogen) atoms. The number of nitrogens with two attached hydrogens (primary N) is 1. The molecule has 3 nitrogen and oxygen atoms in total. The van der Waals surface area contributed by atoms with Crippen molar-refractivity contribution in [2.75, 3.05) is 0 Å². The van der Waals surface area contributed by atoms with E-state index in [2.05, 4.69) is 16.9 Å². The van der Waals surface area contributed by atoms with Gasteiger partial charge in [-0.05, 0) is 18.6 Å². The minimum absolute atomic E-state index is 0.666. The molecule has 0 saturated heterocycles. The lowest BCUT2D eigenvalue weighted by Gasteiger charge is -2.00. The molecular weight excluding hydrogens is 198 g/mol. The van der Waals surface area contributed by atoms with Gasteiger partial charge in [-0.25, -0.2) is 4.99 Å². The summed E-state index contributed by atoms with van der Waals surface area (Å²) in [7, 11) is 0. The standard InChI is InChI=1S/C13H15N3/c1-2-5-13(14)16-11-8-10-6-3-4-7-12(10)15-9-11/h3-4,6-9H,2,5H2,1H3,(H2,14,16). The smallest absolute Gasteiger partial charge is 0.0996 e. The van der Waals surface area contributed by atoms with Gasteiger partial charge in [-0.15, -0.1) is 0 Å². The molecule has 0 aliphatic heterocycles. The van der Waals surface area contributed by atoms with Crippen molar-refractivity contribution in [1.82, 2.24) is 4.98 Å². The first-order chi connectivity index (χ1) is 7.79. The topological polar surface area (TPSA) is 51.3 Å². The lowest BCUT2D eigenvalue weighted by molar-refractivity contribution is 0.983. The van der Waals surface area contributed by atoms with Crippen LogP contribution in [0.3, 0.4) is 0 Å². The fourth-order valence-electron chi connectivity index (χ4n) is 1.60. The summed E-state index contributed by atoms with van der Waals surface area (Å²) in [4.78, 5) is 8.66. The molecule has 0 aliphatic carbocycles. The van der Waals surface area contributed by atoms with Crippen molar-refractivity contribution >= 4 is 22.4 Å². The minimum atomic E-state index is 0.666. The van der Waals surface area contributed by atoms with E-state index >= 15 is 0 Å². The van der Waals surface area contributed by atoms with Gasteiger partial charge in [0.2, 0.25) is 0 Å². The predicted molar refractivity (Wildman–Crippen MR) is 67.9 cm³/mol. The monoisotopic (exact) mass is 213 g/mol. The van der Waals surface area contributed by atoms with Crippen LogP contribution in [0.1, 0.15) is 19.8 Å². The summed E-state index contributed by atoms with van der Waals surface area (Å²) in [5, 5.41) is 1.09. The van der Waals surface area contributed by atoms with Gasteiger partial charge in [0.15, 0.2) is 0 Å². The Morgan fingerprint density at radius 1 is 1.38 bits per heavy atom. The van der Waals surface area contributed by atoms with E-state index in [1.807, 2.05) is 30.3 Å². The number of hydrogen-bond donors (Lipinski definition) is 1. The van der Waals surface area contributed by atoms with Crippen molar-refractivity contribution in [3.63, 3.8) is 0 Å². The van der Waals surface area contributed by atoms with Crippen LogP contribution < -0.4 is 5.73 Å². The van der Waals surface area contributed by atoms with Crippen LogP contribution in [-0.2, 0) is 0 Å². The van der Waals surface area contributed by atoms with E-state index in [0.29, 0.717) is 5.84 Å². The SMILES string of the molecule is CCCC(N)=Nc1cnc2ccccc2c1. The number of amidine groups is 1. The average molecular weight is 213 g/mol. The van der Waals surface area contributed by atoms with Crippen molar-refractivity contribution in [2.24, 2.45) is 10.7 Å². The molecule has 2 aromatic rings. The van der Waals surface area contributed by atoms with Crippen LogP contribution in [-0.4, -0.2) is 10.8 Å². The molecule has 2 rings (SSSR count). The average Bonchev–Trinajstić information content (AvgIpc) is 2.29. The molecule has 0 unspecified atom stereocenters. The van der Waals surface area contributed by atoms with Gasteiger partial charge in [-0.1, -0.05) is 25.1 Å². The zero-order chi connectivity index (χ0) is 11.4. The summed E-state index contributed by atoms with van der Waals surface area (Å²) in [6.07, 6.45) is 3.59. The molecule has 2 N–H and O–H groups in total. The van der Waals surface area contributed by atoms with Gasteiger partial charge in [-0.2, -0.15) is 0 Å². The Kier molecular flexibility index (Phi) is 3.15. The highest BCUT2D eigenvalue weighted by Gasteiger charge is 1.97. The van der Waals surface area contributed by atoms with E-state index in [9.17, 15) is 0 Å². The Labute approximate surface area is 95.0 Å². The molecule has 1 aromatic heterocycles. The Hall–Kier alpha value is -1.90. The number of aromatic nitrogens is 1. The van der Waals surface area contributed by atoms with Crippen molar-refractivity contribution in [1.29, 1.82) is 0 Å². The normalized spacial score (nSPS) is 11.9. The number of benzene rings is 1. The number of fused-ring (bicyclic) bond motifs is 1. The van der Waals surface area contributed by atoms with E-state index in [-0.39, 0.29) is 0 Å². The van der Waals surface area contributed by atoms with E-state index < -0.39 is 0 Å². The number of aliphatic imine (C=N–C) groups is 1. The van der Waals surface area contributed by atoms with E-state index in [4.69, 9.17) is 5.73 Å². The lowest BCUT2D eigenvalue weighted by Crippen LogP contribution is -2.09. The first-order valence-electron chi connectivity index (χ1n) is 5.47. The van der Waals surface area contributed by atoms with Gasteiger partial charge in [-0.3, -0.25) is 4.98 Å². The van der Waals surface area contributed by atoms with Gasteiger partial charge < -0.3 is 5.73 Å². The van der Waals surface area contributed by atoms with Gasteiger partial charge in [0, 0.05) is 11.8 Å². The maximum Gasteiger partial charge on any atom is 0.0996 e. The first-order valence-corrected chi connectivity index (χ1v) is 5.47. The number of para-hydroxylation sites is 1. The summed E-state index contributed by atoms with van der Waals surface area (Å²) in [5.41, 5.74) is 7.59. The maximum absolute atomic E-state index is 5.78. The lowest BCUT2D eigenvalue weighted by atomic mass is 10.2. The number of pyridine rings is 1. The molecule has 0 aliphatic rings. The third-order valence-electron chi connectivity index (χ3n) is 2.35. The zero-order valence-corrected chi connectivity index (χ0v) is 9.35. The molecular formula is C13H15N3. The number of nitrogens with zero attached hydrogens (tertiary/aromatic N) is 2. The van der Waals surface area contributed by atoms with Crippen molar-refractivity contribution in [3.05, 3.63) is 36.5 Å². The van der Waals surface area contributed by atoms with Gasteiger partial charge in [0.25, 0.3) is 0 Å². The summed E-state index contributed by atoms with van der Waals surface area (Å²) in [6, 6.07) is 9.98. The molecule has 3 heteroatoms. The van der Waals surface area contributed by atoms with Gasteiger partial charge >= 0.3 is 0 Å². The summed E-state index contributed by atoms with van der Waals surface area (Å²) < 4.78 is 0. The molecule has 0 bridgehead atoms. The highest BCUT2D eigenvalue weighted by molar-refractivity contribution is 5.86. The van der Waals surface area contributed by atoms with E-state index in [1.165, 1.54) is 0 Å². The molecule has 0 saturated carbocycles. The number of hydrogen-bond acceptors (Lipinski definition) is 2. The van der Waals surface area contributed by atoms with Crippen molar-refractivity contribution < 1.29 is 0 Å². The van der Waals surface area contributed by atoms with E-state index in [1.54, 1.807) is 6.20 Å². The molecule has 82 valence electrons. The summed E-state index contributed by atoms with van der Waals surface area (Å²) in [5.74, 6) is 0.666. The summed E-state index contributed by atoms with van der Waals surface area (Å²) in [6.45, 7) is 2.08. The second-order valence-corrected chi connectivity index (χ2v) is 3.74. The van der Waals surface area contributed by atoms with Gasteiger partial charge in [0.1, 0.15) is 0 Å². The molecule has 0 fully saturated rings. The van der Waals surface area contributed by atoms with Crippen LogP contribution in [0.2, 0.25) is 0 Å². The number of rotatable bonds is 3. The fraction of sp³-hybridized carbons (Fsp3) is 0.231. The van der Waals surface area contributed by atoms with Gasteiger partial charge in [0.05, 0.1) is 23.2 Å². The Morgan fingerprint density at radius 2 is 2.19 bits per heavy atom. The summed E-state index contributed by atoms with van der Waals surface area (Å²) >= 11 is 0. The molecule has 0 amide bonds. The first kappa shape index (κ1) is 10.6. The molecule has 0 radical (unpaired) electrons. The van der Waals surface area contributed by atoms with Crippen LogP contribution >= 0.6 is 0 Å². The van der Waals surface area contributed by atoms with Crippen molar-refractivity contribution in [3.8, 4) is 0 Å². The van der Waals surface area contributed by atoms with Crippen molar-refractivity contribution in [2.45, 2.75) is 19.8 Å². The third kappa shape index (κ3) is 2.37. The molecule has 0 atom stereocenters. The quantitative estimate of drug-likeness (QED) is 0.629. The van der Waals surface area contributed by atoms with Crippen LogP contribution in [0, 0.1) is 0 Å². The van der Waals surface area contributed by atoms with Crippen LogP contribution in [0.25, 0.3) is 10.9 Å². The maximum atomic E-state index is 5.78. The van der Waals surface area contributed by atoms with Crippen LogP contribution in [0.15, 0.2) is 41.5 Å².